The summed E-state index contributed by atoms with van der Waals surface area (Å²) in [5.74, 6) is -1.65. The number of hydrogen-bond donors (Lipinski definition) is 1. The molecule has 2 bridgehead atoms. The molecule has 2 saturated heterocycles. The van der Waals surface area contributed by atoms with Crippen molar-refractivity contribution >= 4 is 11.7 Å². The van der Waals surface area contributed by atoms with E-state index in [1.807, 2.05) is 7.05 Å². The minimum atomic E-state index is -0.973. The van der Waals surface area contributed by atoms with Crippen LogP contribution in [0.5, 0.6) is 0 Å². The fourth-order valence-corrected chi connectivity index (χ4v) is 2.99. The van der Waals surface area contributed by atoms with Crippen LogP contribution < -0.4 is 5.32 Å². The van der Waals surface area contributed by atoms with Gasteiger partial charge in [-0.1, -0.05) is 0 Å². The van der Waals surface area contributed by atoms with Crippen molar-refractivity contribution in [1.82, 2.24) is 9.80 Å². The monoisotopic (exact) mass is 311 g/mol. The Morgan fingerprint density at radius 1 is 1.23 bits per heavy atom. The quantitative estimate of drug-likeness (QED) is 0.859. The zero-order chi connectivity index (χ0) is 15.7. The molecule has 1 aromatic rings. The fourth-order valence-electron chi connectivity index (χ4n) is 2.99. The maximum Gasteiger partial charge on any atom is 0.321 e. The highest BCUT2D eigenvalue weighted by Crippen LogP contribution is 2.20. The lowest BCUT2D eigenvalue weighted by molar-refractivity contribution is 0.0643. The Hall–Kier alpha value is -1.73. The average molecular weight is 311 g/mol. The molecule has 0 unspecified atom stereocenters. The summed E-state index contributed by atoms with van der Waals surface area (Å²) in [6, 6.07) is 3.20. The van der Waals surface area contributed by atoms with E-state index < -0.39 is 11.6 Å². The Kier molecular flexibility index (Phi) is 4.26. The van der Waals surface area contributed by atoms with Gasteiger partial charge in [0.15, 0.2) is 11.6 Å². The summed E-state index contributed by atoms with van der Waals surface area (Å²) in [6.07, 6.45) is 0. The van der Waals surface area contributed by atoms with Gasteiger partial charge >= 0.3 is 6.03 Å². The van der Waals surface area contributed by atoms with E-state index in [0.29, 0.717) is 26.3 Å². The lowest BCUT2D eigenvalue weighted by atomic mass is 10.1. The normalized spacial score (nSPS) is 25.7. The van der Waals surface area contributed by atoms with Crippen LogP contribution in [0.25, 0.3) is 0 Å². The molecule has 3 rings (SSSR count). The molecule has 22 heavy (non-hydrogen) atoms. The lowest BCUT2D eigenvalue weighted by Crippen LogP contribution is -2.46. The fraction of sp³-hybridized carbons (Fsp3) is 0.533. The first kappa shape index (κ1) is 15.2. The molecule has 120 valence electrons. The Bertz CT molecular complexity index is 570. The SMILES string of the molecule is CN1C[C@H]2COC[C@@H]1CN(C(=O)Nc1ccc(F)c(F)c1)C2. The van der Waals surface area contributed by atoms with E-state index in [1.165, 1.54) is 6.07 Å². The molecule has 2 aliphatic rings. The van der Waals surface area contributed by atoms with Crippen molar-refractivity contribution in [3.8, 4) is 0 Å². The molecular formula is C15H19F2N3O2. The summed E-state index contributed by atoms with van der Waals surface area (Å²) in [5, 5.41) is 2.63. The molecule has 2 fully saturated rings. The van der Waals surface area contributed by atoms with Crippen LogP contribution in [-0.2, 0) is 4.74 Å². The molecule has 0 radical (unpaired) electrons. The lowest BCUT2D eigenvalue weighted by Gasteiger charge is -2.29. The second-order valence-corrected chi connectivity index (χ2v) is 5.96. The number of urea groups is 1. The largest absolute Gasteiger partial charge is 0.379 e. The van der Waals surface area contributed by atoms with Crippen molar-refractivity contribution in [2.75, 3.05) is 45.2 Å². The molecule has 0 spiro atoms. The Labute approximate surface area is 127 Å². The first-order valence-corrected chi connectivity index (χ1v) is 7.32. The Balaban J connectivity index is 1.70. The molecule has 5 nitrogen and oxygen atoms in total. The first-order chi connectivity index (χ1) is 10.5. The second-order valence-electron chi connectivity index (χ2n) is 5.96. The summed E-state index contributed by atoms with van der Waals surface area (Å²) >= 11 is 0. The maximum atomic E-state index is 13.2. The Morgan fingerprint density at radius 3 is 2.82 bits per heavy atom. The van der Waals surface area contributed by atoms with Gasteiger partial charge in [0.25, 0.3) is 0 Å². The maximum absolute atomic E-state index is 13.2. The van der Waals surface area contributed by atoms with Crippen LogP contribution in [0.3, 0.4) is 0 Å². The van der Waals surface area contributed by atoms with Gasteiger partial charge < -0.3 is 15.0 Å². The van der Waals surface area contributed by atoms with E-state index in [9.17, 15) is 13.6 Å². The van der Waals surface area contributed by atoms with Crippen LogP contribution in [0.15, 0.2) is 18.2 Å². The summed E-state index contributed by atoms with van der Waals surface area (Å²) in [7, 11) is 2.03. The summed E-state index contributed by atoms with van der Waals surface area (Å²) in [5.41, 5.74) is 0.253. The van der Waals surface area contributed by atoms with Gasteiger partial charge in [-0.15, -0.1) is 0 Å². The predicted octanol–water partition coefficient (Wildman–Crippen LogP) is 1.76. The molecule has 0 saturated carbocycles. The molecule has 2 aliphatic heterocycles. The number of anilines is 1. The number of nitrogens with zero attached hydrogens (tertiary/aromatic N) is 2. The summed E-state index contributed by atoms with van der Waals surface area (Å²) < 4.78 is 31.8. The summed E-state index contributed by atoms with van der Waals surface area (Å²) in [6.45, 7) is 3.27. The third-order valence-corrected chi connectivity index (χ3v) is 4.20. The van der Waals surface area contributed by atoms with Gasteiger partial charge in [0.2, 0.25) is 0 Å². The van der Waals surface area contributed by atoms with Gasteiger partial charge in [0.05, 0.1) is 19.3 Å². The van der Waals surface area contributed by atoms with Crippen LogP contribution in [0.4, 0.5) is 19.3 Å². The number of rotatable bonds is 1. The van der Waals surface area contributed by atoms with Crippen LogP contribution in [-0.4, -0.2) is 61.8 Å². The Morgan fingerprint density at radius 2 is 2.05 bits per heavy atom. The molecule has 7 heteroatoms. The van der Waals surface area contributed by atoms with Crippen molar-refractivity contribution in [2.45, 2.75) is 6.04 Å². The molecule has 1 aromatic carbocycles. The number of halogens is 2. The van der Waals surface area contributed by atoms with Crippen molar-refractivity contribution < 1.29 is 18.3 Å². The molecule has 0 aliphatic carbocycles. The van der Waals surface area contributed by atoms with E-state index in [-0.39, 0.29) is 23.7 Å². The van der Waals surface area contributed by atoms with Gasteiger partial charge in [-0.05, 0) is 19.2 Å². The number of ether oxygens (including phenoxy) is 1. The van der Waals surface area contributed by atoms with Gasteiger partial charge in [-0.3, -0.25) is 4.90 Å². The predicted molar refractivity (Wildman–Crippen MR) is 77.7 cm³/mol. The minimum Gasteiger partial charge on any atom is -0.379 e. The van der Waals surface area contributed by atoms with Crippen molar-refractivity contribution in [3.05, 3.63) is 29.8 Å². The highest BCUT2D eigenvalue weighted by atomic mass is 19.2. The highest BCUT2D eigenvalue weighted by Gasteiger charge is 2.33. The van der Waals surface area contributed by atoms with E-state index in [0.717, 1.165) is 18.7 Å². The van der Waals surface area contributed by atoms with Crippen LogP contribution in [0.1, 0.15) is 0 Å². The second kappa shape index (κ2) is 6.18. The number of benzene rings is 1. The number of carbonyl (C=O) groups is 1. The minimum absolute atomic E-state index is 0.156. The van der Waals surface area contributed by atoms with Gasteiger partial charge in [-0.2, -0.15) is 0 Å². The van der Waals surface area contributed by atoms with E-state index >= 15 is 0 Å². The molecule has 2 amide bonds. The molecule has 1 N–H and O–H groups in total. The molecule has 2 heterocycles. The number of likely N-dealkylation sites (N-methyl/N-ethyl adjacent to an activating group) is 1. The zero-order valence-electron chi connectivity index (χ0n) is 12.4. The third kappa shape index (κ3) is 3.20. The van der Waals surface area contributed by atoms with Crippen molar-refractivity contribution in [1.29, 1.82) is 0 Å². The van der Waals surface area contributed by atoms with Gasteiger partial charge in [0, 0.05) is 37.3 Å². The molecular weight excluding hydrogens is 292 g/mol. The highest BCUT2D eigenvalue weighted by molar-refractivity contribution is 5.89. The standard InChI is InChI=1S/C15H19F2N3O2/c1-19-5-10-6-20(7-12(19)9-22-8-10)15(21)18-11-2-3-13(16)14(17)4-11/h2-4,10,12H,5-9H2,1H3,(H,18,21)/t10-,12+/m1/s1. The number of hydrogen-bond acceptors (Lipinski definition) is 3. The van der Waals surface area contributed by atoms with Crippen molar-refractivity contribution in [3.63, 3.8) is 0 Å². The van der Waals surface area contributed by atoms with E-state index in [4.69, 9.17) is 4.74 Å². The third-order valence-electron chi connectivity index (χ3n) is 4.20. The van der Waals surface area contributed by atoms with Gasteiger partial charge in [-0.25, -0.2) is 13.6 Å². The van der Waals surface area contributed by atoms with Gasteiger partial charge in [0.1, 0.15) is 0 Å². The topological polar surface area (TPSA) is 44.8 Å². The molecule has 2 atom stereocenters. The number of nitrogens with one attached hydrogen (secondary N) is 1. The number of carbonyl (C=O) groups excluding carboxylic acids is 1. The first-order valence-electron chi connectivity index (χ1n) is 7.32. The van der Waals surface area contributed by atoms with E-state index in [2.05, 4.69) is 10.2 Å². The summed E-state index contributed by atoms with van der Waals surface area (Å²) in [4.78, 5) is 16.3. The van der Waals surface area contributed by atoms with Crippen LogP contribution in [0, 0.1) is 17.6 Å². The van der Waals surface area contributed by atoms with Crippen molar-refractivity contribution in [2.24, 2.45) is 5.92 Å². The average Bonchev–Trinajstić information content (AvgIpc) is 2.71. The number of fused-ring (bicyclic) bond motifs is 3. The zero-order valence-corrected chi connectivity index (χ0v) is 12.4. The van der Waals surface area contributed by atoms with E-state index in [1.54, 1.807) is 4.90 Å². The van der Waals surface area contributed by atoms with Crippen LogP contribution in [0.2, 0.25) is 0 Å². The number of amides is 2. The smallest absolute Gasteiger partial charge is 0.321 e. The molecule has 0 aromatic heterocycles. The van der Waals surface area contributed by atoms with Crippen LogP contribution >= 0.6 is 0 Å².